The third kappa shape index (κ3) is 6.97. The van der Waals surface area contributed by atoms with Crippen LogP contribution in [0.25, 0.3) is 46.4 Å². The zero-order valence-corrected chi connectivity index (χ0v) is 21.5. The molecule has 4 N–H and O–H groups in total. The van der Waals surface area contributed by atoms with Crippen molar-refractivity contribution in [2.75, 3.05) is 5.73 Å². The molecule has 0 unspecified atom stereocenters. The van der Waals surface area contributed by atoms with Gasteiger partial charge in [-0.15, -0.1) is 0 Å². The Morgan fingerprint density at radius 3 is 1.38 bits per heavy atom. The Morgan fingerprint density at radius 1 is 0.500 bits per heavy atom. The van der Waals surface area contributed by atoms with Crippen LogP contribution in [0.15, 0.2) is 103 Å². The lowest BCUT2D eigenvalue weighted by Crippen LogP contribution is -1.96. The number of rotatable bonds is 3. The van der Waals surface area contributed by atoms with Crippen LogP contribution in [0.1, 0.15) is 33.9 Å². The van der Waals surface area contributed by atoms with Crippen molar-refractivity contribution in [2.24, 2.45) is 0 Å². The van der Waals surface area contributed by atoms with Gasteiger partial charge in [-0.3, -0.25) is 0 Å². The summed E-state index contributed by atoms with van der Waals surface area (Å²) in [6.07, 6.45) is 10.2. The van der Waals surface area contributed by atoms with Crippen LogP contribution in [-0.2, 0) is 12.8 Å². The topological polar surface area (TPSA) is 83.4 Å². The molecule has 2 aromatic carbocycles. The zero-order valence-electron chi connectivity index (χ0n) is 21.5. The predicted molar refractivity (Wildman–Crippen MR) is 172 cm³/mol. The molecule has 5 aromatic rings. The number of anilines is 1. The van der Waals surface area contributed by atoms with E-state index in [0.29, 0.717) is 0 Å². The number of H-pyrrole nitrogens is 2. The van der Waals surface area contributed by atoms with Gasteiger partial charge in [0.1, 0.15) is 0 Å². The summed E-state index contributed by atoms with van der Waals surface area (Å²) in [5.74, 6) is 0. The highest BCUT2D eigenvalue weighted by atomic mass is 24.3. The van der Waals surface area contributed by atoms with Crippen molar-refractivity contribution in [3.63, 3.8) is 0 Å². The number of nitrogen functional groups attached to an aromatic ring is 1. The Bertz CT molecular complexity index is 1660. The molecule has 5 nitrogen and oxygen atoms in total. The molecule has 2 aliphatic heterocycles. The number of para-hydroxylation sites is 1. The van der Waals surface area contributed by atoms with Crippen molar-refractivity contribution in [1.82, 2.24) is 19.9 Å². The molecule has 3 aromatic heterocycles. The van der Waals surface area contributed by atoms with Crippen LogP contribution < -0.4 is 5.73 Å². The van der Waals surface area contributed by atoms with E-state index >= 15 is 0 Å². The van der Waals surface area contributed by atoms with Gasteiger partial charge in [-0.1, -0.05) is 48.5 Å². The minimum atomic E-state index is 0. The summed E-state index contributed by atoms with van der Waals surface area (Å²) in [4.78, 5) is 16.0. The van der Waals surface area contributed by atoms with Crippen molar-refractivity contribution in [3.8, 4) is 0 Å². The van der Waals surface area contributed by atoms with Crippen LogP contribution in [0, 0.1) is 0 Å². The van der Waals surface area contributed by atoms with Crippen LogP contribution in [0.5, 0.6) is 0 Å². The number of aromatic amines is 2. The average Bonchev–Trinajstić information content (AvgIpc) is 3.76. The number of aromatic nitrogens is 4. The van der Waals surface area contributed by atoms with E-state index in [2.05, 4.69) is 74.5 Å². The van der Waals surface area contributed by atoms with Gasteiger partial charge in [0.15, 0.2) is 0 Å². The summed E-state index contributed by atoms with van der Waals surface area (Å²) in [5.41, 5.74) is 17.2. The molecule has 0 saturated heterocycles. The molecule has 194 valence electrons. The molecule has 0 saturated carbocycles. The summed E-state index contributed by atoms with van der Waals surface area (Å²) < 4.78 is 0. The second-order valence-corrected chi connectivity index (χ2v) is 9.59. The van der Waals surface area contributed by atoms with E-state index in [4.69, 9.17) is 5.73 Å². The Balaban J connectivity index is 0.000000175. The van der Waals surface area contributed by atoms with E-state index in [1.165, 1.54) is 11.1 Å². The molecule has 5 heterocycles. The number of benzene rings is 2. The van der Waals surface area contributed by atoms with E-state index < -0.39 is 0 Å². The Labute approximate surface area is 249 Å². The molecule has 0 amide bonds. The second kappa shape index (κ2) is 12.6. The number of hydrogen-bond acceptors (Lipinski definition) is 3. The first-order valence-electron chi connectivity index (χ1n) is 13.1. The maximum absolute atomic E-state index is 5.88. The van der Waals surface area contributed by atoms with Gasteiger partial charge in [0.2, 0.25) is 0 Å². The number of nitrogens with zero attached hydrogens (tertiary/aromatic N) is 2. The van der Waals surface area contributed by atoms with E-state index in [-0.39, 0.29) is 23.1 Å². The standard InChI is InChI=1S/C20H14N4.C14H15N.Mg.2H/c1-2-14-10-16-5-6-18(23-16)12-20-8-7-19(24-20)11-17-4-3-15(22-17)9-13(1)21-14;15-14-9-5-4-8-13(14)11-10-12-6-2-1-3-7-12;;;/h1-12,21,24H;1-9H,10-11,15H2;;;. The first kappa shape index (κ1) is 27.2. The minimum absolute atomic E-state index is 0. The number of aryl methyl sites for hydroxylation is 2. The summed E-state index contributed by atoms with van der Waals surface area (Å²) in [6, 6.07) is 34.9. The maximum Gasteiger partial charge on any atom is 0.316 e. The summed E-state index contributed by atoms with van der Waals surface area (Å²) >= 11 is 0. The maximum atomic E-state index is 5.88. The van der Waals surface area contributed by atoms with Gasteiger partial charge in [0.25, 0.3) is 0 Å². The van der Waals surface area contributed by atoms with E-state index in [0.717, 1.165) is 63.4 Å². The summed E-state index contributed by atoms with van der Waals surface area (Å²) in [7, 11) is 0. The van der Waals surface area contributed by atoms with Gasteiger partial charge in [-0.25, -0.2) is 9.97 Å². The molecule has 2 aliphatic rings. The van der Waals surface area contributed by atoms with Gasteiger partial charge < -0.3 is 15.7 Å². The van der Waals surface area contributed by atoms with Crippen molar-refractivity contribution >= 4 is 75.1 Å². The molecular weight excluding hydrogens is 503 g/mol. The van der Waals surface area contributed by atoms with E-state index in [1.807, 2.05) is 72.8 Å². The lowest BCUT2D eigenvalue weighted by Gasteiger charge is -2.04. The number of nitrogens with two attached hydrogens (primary N) is 1. The Hall–Kier alpha value is -4.39. The fraction of sp³-hybridized carbons (Fsp3) is 0.0588. The fourth-order valence-electron chi connectivity index (χ4n) is 4.63. The van der Waals surface area contributed by atoms with Gasteiger partial charge in [0, 0.05) is 27.8 Å². The molecule has 0 aliphatic carbocycles. The predicted octanol–water partition coefficient (Wildman–Crippen LogP) is 6.79. The molecule has 40 heavy (non-hydrogen) atoms. The third-order valence-electron chi connectivity index (χ3n) is 6.62. The first-order valence-corrected chi connectivity index (χ1v) is 13.1. The monoisotopic (exact) mass is 533 g/mol. The van der Waals surface area contributed by atoms with Crippen LogP contribution in [0.2, 0.25) is 0 Å². The smallest absolute Gasteiger partial charge is 0.316 e. The van der Waals surface area contributed by atoms with Crippen LogP contribution in [-0.4, -0.2) is 43.0 Å². The van der Waals surface area contributed by atoms with Gasteiger partial charge >= 0.3 is 23.1 Å². The highest BCUT2D eigenvalue weighted by Gasteiger charge is 2.01. The first-order chi connectivity index (χ1) is 19.2. The lowest BCUT2D eigenvalue weighted by atomic mass is 10.0. The summed E-state index contributed by atoms with van der Waals surface area (Å²) in [5, 5.41) is 0. The number of nitrogens with one attached hydrogen (secondary N) is 2. The van der Waals surface area contributed by atoms with Crippen LogP contribution in [0.4, 0.5) is 5.69 Å². The molecule has 6 heteroatoms. The highest BCUT2D eigenvalue weighted by molar-refractivity contribution is 5.77. The van der Waals surface area contributed by atoms with Crippen molar-refractivity contribution in [3.05, 3.63) is 137 Å². The molecular formula is C34H31MgN5. The molecule has 8 bridgehead atoms. The SMILES string of the molecule is C1=Cc2cc3ccc(cc4nc(cc5ccc(cc1n2)[nH]5)C=C4)[nH]3.Nc1ccccc1CCc1ccccc1.[MgH2]. The molecule has 0 fully saturated rings. The van der Waals surface area contributed by atoms with Gasteiger partial charge in [-0.05, 0) is 103 Å². The molecule has 0 atom stereocenters. The zero-order chi connectivity index (χ0) is 26.4. The van der Waals surface area contributed by atoms with Crippen molar-refractivity contribution in [1.29, 1.82) is 0 Å². The number of hydrogen-bond donors (Lipinski definition) is 3. The minimum Gasteiger partial charge on any atom is -0.399 e. The molecule has 0 spiro atoms. The third-order valence-corrected chi connectivity index (χ3v) is 6.62. The Morgan fingerprint density at radius 2 is 0.925 bits per heavy atom. The van der Waals surface area contributed by atoms with Crippen molar-refractivity contribution in [2.45, 2.75) is 12.8 Å². The quantitative estimate of drug-likeness (QED) is 0.173. The lowest BCUT2D eigenvalue weighted by molar-refractivity contribution is 0.963. The molecule has 0 radical (unpaired) electrons. The van der Waals surface area contributed by atoms with E-state index in [9.17, 15) is 0 Å². The van der Waals surface area contributed by atoms with Gasteiger partial charge in [0.05, 0.1) is 22.8 Å². The molecule has 7 rings (SSSR count). The second-order valence-electron chi connectivity index (χ2n) is 9.59. The number of fused-ring (bicyclic) bond motifs is 8. The van der Waals surface area contributed by atoms with E-state index in [1.54, 1.807) is 0 Å². The van der Waals surface area contributed by atoms with Gasteiger partial charge in [-0.2, -0.15) is 0 Å². The summed E-state index contributed by atoms with van der Waals surface area (Å²) in [6.45, 7) is 0. The highest BCUT2D eigenvalue weighted by Crippen LogP contribution is 2.17. The largest absolute Gasteiger partial charge is 0.399 e. The van der Waals surface area contributed by atoms with Crippen molar-refractivity contribution < 1.29 is 0 Å². The van der Waals surface area contributed by atoms with Crippen LogP contribution >= 0.6 is 0 Å². The normalized spacial score (nSPS) is 11.4. The fourth-order valence-corrected chi connectivity index (χ4v) is 4.63. The Kier molecular flexibility index (Phi) is 8.59. The average molecular weight is 534 g/mol. The van der Waals surface area contributed by atoms with Crippen LogP contribution in [0.3, 0.4) is 0 Å².